The quantitative estimate of drug-likeness (QED) is 0.754. The van der Waals surface area contributed by atoms with Crippen LogP contribution in [0.2, 0.25) is 0 Å². The van der Waals surface area contributed by atoms with Crippen molar-refractivity contribution in [1.29, 1.82) is 0 Å². The Bertz CT molecular complexity index is 425. The van der Waals surface area contributed by atoms with Crippen LogP contribution in [-0.2, 0) is 0 Å². The number of allylic oxidation sites excluding steroid dienone is 1. The van der Waals surface area contributed by atoms with Crippen LogP contribution in [-0.4, -0.2) is 23.2 Å². The van der Waals surface area contributed by atoms with Gasteiger partial charge < -0.3 is 4.90 Å². The SMILES string of the molecule is CN1C(=O)c2ccccc2/C1=C\CCBr. The number of hydrogen-bond donors (Lipinski definition) is 0. The number of hydrogen-bond acceptors (Lipinski definition) is 1. The van der Waals surface area contributed by atoms with Crippen molar-refractivity contribution in [1.82, 2.24) is 4.90 Å². The van der Waals surface area contributed by atoms with Crippen molar-refractivity contribution < 1.29 is 4.79 Å². The number of benzene rings is 1. The first-order valence-corrected chi connectivity index (χ1v) is 6.01. The smallest absolute Gasteiger partial charge is 0.258 e. The van der Waals surface area contributed by atoms with E-state index in [-0.39, 0.29) is 5.91 Å². The predicted molar refractivity (Wildman–Crippen MR) is 64.9 cm³/mol. The van der Waals surface area contributed by atoms with E-state index in [1.54, 1.807) is 4.90 Å². The minimum Gasteiger partial charge on any atom is -0.311 e. The van der Waals surface area contributed by atoms with E-state index in [4.69, 9.17) is 0 Å². The molecule has 0 bridgehead atoms. The summed E-state index contributed by atoms with van der Waals surface area (Å²) in [6, 6.07) is 7.74. The lowest BCUT2D eigenvalue weighted by atomic mass is 10.1. The summed E-state index contributed by atoms with van der Waals surface area (Å²) >= 11 is 3.38. The lowest BCUT2D eigenvalue weighted by Crippen LogP contribution is -2.17. The van der Waals surface area contributed by atoms with Crippen LogP contribution >= 0.6 is 15.9 Å². The molecule has 0 spiro atoms. The minimum absolute atomic E-state index is 0.0893. The normalized spacial score (nSPS) is 17.3. The summed E-state index contributed by atoms with van der Waals surface area (Å²) in [7, 11) is 1.82. The Morgan fingerprint density at radius 3 is 2.67 bits per heavy atom. The molecule has 0 aromatic heterocycles. The molecule has 0 N–H and O–H groups in total. The van der Waals surface area contributed by atoms with Crippen molar-refractivity contribution in [3.05, 3.63) is 41.5 Å². The first kappa shape index (κ1) is 10.4. The largest absolute Gasteiger partial charge is 0.311 e. The highest BCUT2D eigenvalue weighted by molar-refractivity contribution is 9.09. The van der Waals surface area contributed by atoms with Gasteiger partial charge in [0, 0.05) is 29.2 Å². The Balaban J connectivity index is 2.47. The first-order chi connectivity index (χ1) is 7.25. The highest BCUT2D eigenvalue weighted by Crippen LogP contribution is 2.31. The molecule has 2 rings (SSSR count). The molecule has 0 aliphatic carbocycles. The van der Waals surface area contributed by atoms with Crippen molar-refractivity contribution in [2.45, 2.75) is 6.42 Å². The van der Waals surface area contributed by atoms with Gasteiger partial charge in [-0.15, -0.1) is 0 Å². The fourth-order valence-corrected chi connectivity index (χ4v) is 2.03. The van der Waals surface area contributed by atoms with Crippen LogP contribution < -0.4 is 0 Å². The third-order valence-electron chi connectivity index (χ3n) is 2.55. The molecule has 1 heterocycles. The van der Waals surface area contributed by atoms with Crippen LogP contribution in [0.4, 0.5) is 0 Å². The number of nitrogens with zero attached hydrogens (tertiary/aromatic N) is 1. The van der Waals surface area contributed by atoms with Crippen molar-refractivity contribution >= 4 is 27.5 Å². The predicted octanol–water partition coefficient (Wildman–Crippen LogP) is 2.90. The molecule has 1 aromatic carbocycles. The first-order valence-electron chi connectivity index (χ1n) is 4.89. The fraction of sp³-hybridized carbons (Fsp3) is 0.250. The topological polar surface area (TPSA) is 20.3 Å². The van der Waals surface area contributed by atoms with Crippen molar-refractivity contribution in [3.8, 4) is 0 Å². The highest BCUT2D eigenvalue weighted by atomic mass is 79.9. The average Bonchev–Trinajstić information content (AvgIpc) is 2.51. The van der Waals surface area contributed by atoms with Crippen molar-refractivity contribution in [2.24, 2.45) is 0 Å². The van der Waals surface area contributed by atoms with Gasteiger partial charge in [0.05, 0.1) is 0 Å². The van der Waals surface area contributed by atoms with Gasteiger partial charge in [0.2, 0.25) is 0 Å². The van der Waals surface area contributed by atoms with E-state index in [9.17, 15) is 4.79 Å². The van der Waals surface area contributed by atoms with E-state index in [1.807, 2.05) is 31.3 Å². The van der Waals surface area contributed by atoms with Gasteiger partial charge in [0.15, 0.2) is 0 Å². The van der Waals surface area contributed by atoms with Crippen LogP contribution in [0.5, 0.6) is 0 Å². The molecule has 15 heavy (non-hydrogen) atoms. The van der Waals surface area contributed by atoms with Crippen molar-refractivity contribution in [3.63, 3.8) is 0 Å². The lowest BCUT2D eigenvalue weighted by Gasteiger charge is -2.10. The molecule has 0 saturated carbocycles. The molecule has 0 fully saturated rings. The zero-order valence-corrected chi connectivity index (χ0v) is 10.1. The number of amides is 1. The summed E-state index contributed by atoms with van der Waals surface area (Å²) in [4.78, 5) is 13.6. The average molecular weight is 266 g/mol. The molecule has 0 unspecified atom stereocenters. The zero-order chi connectivity index (χ0) is 10.8. The molecule has 0 saturated heterocycles. The second kappa shape index (κ2) is 4.19. The Morgan fingerprint density at radius 2 is 2.00 bits per heavy atom. The summed E-state index contributed by atoms with van der Waals surface area (Å²) in [5, 5.41) is 0.917. The van der Waals surface area contributed by atoms with Crippen LogP contribution in [0.1, 0.15) is 22.3 Å². The molecule has 2 nitrogen and oxygen atoms in total. The minimum atomic E-state index is 0.0893. The maximum Gasteiger partial charge on any atom is 0.258 e. The molecule has 78 valence electrons. The highest BCUT2D eigenvalue weighted by Gasteiger charge is 2.28. The second-order valence-corrected chi connectivity index (χ2v) is 4.27. The van der Waals surface area contributed by atoms with Crippen LogP contribution in [0.3, 0.4) is 0 Å². The van der Waals surface area contributed by atoms with Crippen LogP contribution in [0.25, 0.3) is 5.70 Å². The maximum atomic E-state index is 11.8. The van der Waals surface area contributed by atoms with Gasteiger partial charge in [-0.05, 0) is 12.5 Å². The number of carbonyl (C=O) groups is 1. The molecule has 3 heteroatoms. The number of carbonyl (C=O) groups excluding carboxylic acids is 1. The van der Waals surface area contributed by atoms with Crippen LogP contribution in [0.15, 0.2) is 30.3 Å². The monoisotopic (exact) mass is 265 g/mol. The third kappa shape index (κ3) is 1.72. The summed E-state index contributed by atoms with van der Waals surface area (Å²) in [6.07, 6.45) is 3.03. The summed E-state index contributed by atoms with van der Waals surface area (Å²) in [5.41, 5.74) is 2.88. The number of alkyl halides is 1. The molecule has 1 aromatic rings. The van der Waals surface area contributed by atoms with Gasteiger partial charge >= 0.3 is 0 Å². The van der Waals surface area contributed by atoms with E-state index in [0.717, 1.165) is 28.6 Å². The lowest BCUT2D eigenvalue weighted by molar-refractivity contribution is 0.0874. The van der Waals surface area contributed by atoms with Crippen molar-refractivity contribution in [2.75, 3.05) is 12.4 Å². The summed E-state index contributed by atoms with van der Waals surface area (Å²) < 4.78 is 0. The van der Waals surface area contributed by atoms with Gasteiger partial charge in [-0.3, -0.25) is 4.79 Å². The van der Waals surface area contributed by atoms with E-state index < -0.39 is 0 Å². The Kier molecular flexibility index (Phi) is 2.91. The molecule has 0 atom stereocenters. The van der Waals surface area contributed by atoms with Gasteiger partial charge in [-0.2, -0.15) is 0 Å². The summed E-state index contributed by atoms with van der Waals surface area (Å²) in [5.74, 6) is 0.0893. The number of rotatable bonds is 2. The van der Waals surface area contributed by atoms with Crippen LogP contribution in [0, 0.1) is 0 Å². The fourth-order valence-electron chi connectivity index (χ4n) is 1.80. The molecule has 1 amide bonds. The summed E-state index contributed by atoms with van der Waals surface area (Å²) in [6.45, 7) is 0. The molecular weight excluding hydrogens is 254 g/mol. The van der Waals surface area contributed by atoms with E-state index in [0.29, 0.717) is 0 Å². The van der Waals surface area contributed by atoms with Gasteiger partial charge in [-0.25, -0.2) is 0 Å². The zero-order valence-electron chi connectivity index (χ0n) is 8.53. The Hall–Kier alpha value is -1.09. The molecule has 1 aliphatic rings. The Labute approximate surface area is 97.7 Å². The molecular formula is C12H12BrNO. The van der Waals surface area contributed by atoms with Gasteiger partial charge in [-0.1, -0.05) is 40.2 Å². The number of halogens is 1. The second-order valence-electron chi connectivity index (χ2n) is 3.48. The maximum absolute atomic E-state index is 11.8. The van der Waals surface area contributed by atoms with E-state index in [2.05, 4.69) is 22.0 Å². The molecule has 1 aliphatic heterocycles. The third-order valence-corrected chi connectivity index (χ3v) is 3.00. The Morgan fingerprint density at radius 1 is 1.33 bits per heavy atom. The van der Waals surface area contributed by atoms with E-state index >= 15 is 0 Å². The standard InChI is InChI=1S/C12H12BrNO/c1-14-11(7-4-8-13)9-5-2-3-6-10(9)12(14)15/h2-3,5-7H,4,8H2,1H3/b11-7+. The number of fused-ring (bicyclic) bond motifs is 1. The molecule has 0 radical (unpaired) electrons. The van der Waals surface area contributed by atoms with Gasteiger partial charge in [0.1, 0.15) is 0 Å². The van der Waals surface area contributed by atoms with E-state index in [1.165, 1.54) is 0 Å². The van der Waals surface area contributed by atoms with Gasteiger partial charge in [0.25, 0.3) is 5.91 Å².